The van der Waals surface area contributed by atoms with Crippen LogP contribution in [0.2, 0.25) is 0 Å². The molecule has 142 valence electrons. The molecule has 5 nitrogen and oxygen atoms in total. The largest absolute Gasteiger partial charge is 0.399 e. The van der Waals surface area contributed by atoms with Crippen molar-refractivity contribution in [3.63, 3.8) is 0 Å². The lowest BCUT2D eigenvalue weighted by Crippen LogP contribution is -2.36. The average molecular weight is 375 g/mol. The molecule has 0 radical (unpaired) electrons. The number of carbonyl (C=O) groups is 1. The second-order valence-corrected chi connectivity index (χ2v) is 8.34. The summed E-state index contributed by atoms with van der Waals surface area (Å²) in [5.41, 5.74) is 7.50. The number of rotatable bonds is 5. The van der Waals surface area contributed by atoms with Gasteiger partial charge in [-0.1, -0.05) is 49.6 Å². The molecule has 1 atom stereocenters. The van der Waals surface area contributed by atoms with Crippen molar-refractivity contribution in [1.82, 2.24) is 10.2 Å². The molecule has 1 aromatic carbocycles. The van der Waals surface area contributed by atoms with E-state index < -0.39 is 0 Å². The first-order valence-corrected chi connectivity index (χ1v) is 10.6. The molecule has 3 rings (SSSR count). The lowest BCUT2D eigenvalue weighted by molar-refractivity contribution is -0.121. The Hall–Kier alpha value is -1.69. The number of thioether (sulfide) groups is 1. The van der Waals surface area contributed by atoms with Crippen molar-refractivity contribution in [2.24, 2.45) is 4.99 Å². The molecule has 0 aromatic heterocycles. The lowest BCUT2D eigenvalue weighted by atomic mass is 10.1. The van der Waals surface area contributed by atoms with Gasteiger partial charge in [0.1, 0.15) is 0 Å². The first-order chi connectivity index (χ1) is 12.6. The van der Waals surface area contributed by atoms with Gasteiger partial charge in [0.2, 0.25) is 5.91 Å². The molecule has 0 spiro atoms. The third kappa shape index (κ3) is 5.40. The smallest absolute Gasteiger partial charge is 0.222 e. The summed E-state index contributed by atoms with van der Waals surface area (Å²) in [6.07, 6.45) is 8.24. The first kappa shape index (κ1) is 19.1. The SMILES string of the molecule is CN1C(=NC2CCCCCC2)SCC1CC(=O)NCc1ccc(N)cc1. The molecular weight excluding hydrogens is 344 g/mol. The molecule has 6 heteroatoms. The van der Waals surface area contributed by atoms with Gasteiger partial charge in [-0.15, -0.1) is 0 Å². The quantitative estimate of drug-likeness (QED) is 0.612. The molecule has 1 aliphatic carbocycles. The van der Waals surface area contributed by atoms with E-state index in [1.54, 1.807) is 11.8 Å². The Balaban J connectivity index is 1.47. The second-order valence-electron chi connectivity index (χ2n) is 7.36. The van der Waals surface area contributed by atoms with Crippen LogP contribution in [0.15, 0.2) is 29.3 Å². The van der Waals surface area contributed by atoms with E-state index in [-0.39, 0.29) is 11.9 Å². The zero-order valence-electron chi connectivity index (χ0n) is 15.6. The summed E-state index contributed by atoms with van der Waals surface area (Å²) in [6.45, 7) is 0.547. The van der Waals surface area contributed by atoms with Crippen LogP contribution in [0.25, 0.3) is 0 Å². The van der Waals surface area contributed by atoms with E-state index >= 15 is 0 Å². The monoisotopic (exact) mass is 374 g/mol. The van der Waals surface area contributed by atoms with Crippen LogP contribution in [0.1, 0.15) is 50.5 Å². The second kappa shape index (κ2) is 9.31. The molecule has 0 bridgehead atoms. The molecule has 3 N–H and O–H groups in total. The summed E-state index contributed by atoms with van der Waals surface area (Å²) >= 11 is 1.80. The fourth-order valence-corrected chi connectivity index (χ4v) is 4.79. The van der Waals surface area contributed by atoms with Gasteiger partial charge in [0.25, 0.3) is 0 Å². The zero-order valence-corrected chi connectivity index (χ0v) is 16.4. The fraction of sp³-hybridized carbons (Fsp3) is 0.600. The molecule has 2 fully saturated rings. The highest BCUT2D eigenvalue weighted by Crippen LogP contribution is 2.27. The number of amides is 1. The molecule has 1 heterocycles. The number of hydrogen-bond acceptors (Lipinski definition) is 4. The van der Waals surface area contributed by atoms with Gasteiger partial charge in [-0.3, -0.25) is 9.79 Å². The summed E-state index contributed by atoms with van der Waals surface area (Å²) in [6, 6.07) is 8.32. The van der Waals surface area contributed by atoms with Crippen molar-refractivity contribution < 1.29 is 4.79 Å². The van der Waals surface area contributed by atoms with Gasteiger partial charge in [-0.2, -0.15) is 0 Å². The number of anilines is 1. The van der Waals surface area contributed by atoms with Crippen LogP contribution in [-0.4, -0.2) is 40.9 Å². The van der Waals surface area contributed by atoms with Crippen molar-refractivity contribution in [3.8, 4) is 0 Å². The van der Waals surface area contributed by atoms with Gasteiger partial charge in [0.15, 0.2) is 5.17 Å². The van der Waals surface area contributed by atoms with Gasteiger partial charge in [0, 0.05) is 37.5 Å². The summed E-state index contributed by atoms with van der Waals surface area (Å²) in [5.74, 6) is 1.03. The summed E-state index contributed by atoms with van der Waals surface area (Å²) in [5, 5.41) is 4.13. The van der Waals surface area contributed by atoms with Gasteiger partial charge in [-0.05, 0) is 30.5 Å². The van der Waals surface area contributed by atoms with Crippen molar-refractivity contribution in [1.29, 1.82) is 0 Å². The number of amidine groups is 1. The number of nitrogens with one attached hydrogen (secondary N) is 1. The third-order valence-corrected chi connectivity index (χ3v) is 6.47. The predicted molar refractivity (Wildman–Crippen MR) is 110 cm³/mol. The standard InChI is InChI=1S/C20H30N4OS/c1-24-18(12-19(25)22-13-15-8-10-16(21)11-9-15)14-26-20(24)23-17-6-4-2-3-5-7-17/h8-11,17-18H,2-7,12-14,21H2,1H3,(H,22,25). The Bertz CT molecular complexity index is 623. The van der Waals surface area contributed by atoms with E-state index in [4.69, 9.17) is 10.7 Å². The molecule has 26 heavy (non-hydrogen) atoms. The van der Waals surface area contributed by atoms with Gasteiger partial charge in [0.05, 0.1) is 6.04 Å². The van der Waals surface area contributed by atoms with Gasteiger partial charge in [-0.25, -0.2) is 0 Å². The number of nitrogens with two attached hydrogens (primary N) is 1. The molecule has 1 saturated carbocycles. The number of nitrogen functional groups attached to an aromatic ring is 1. The molecule has 2 aliphatic rings. The molecular formula is C20H30N4OS. The number of hydrogen-bond donors (Lipinski definition) is 2. The topological polar surface area (TPSA) is 70.7 Å². The lowest BCUT2D eigenvalue weighted by Gasteiger charge is -2.21. The molecule has 1 aromatic rings. The van der Waals surface area contributed by atoms with E-state index in [0.29, 0.717) is 19.0 Å². The van der Waals surface area contributed by atoms with Crippen LogP contribution in [0.5, 0.6) is 0 Å². The maximum atomic E-state index is 12.3. The minimum absolute atomic E-state index is 0.0926. The van der Waals surface area contributed by atoms with E-state index in [2.05, 4.69) is 17.3 Å². The highest BCUT2D eigenvalue weighted by molar-refractivity contribution is 8.14. The highest BCUT2D eigenvalue weighted by Gasteiger charge is 2.29. The summed E-state index contributed by atoms with van der Waals surface area (Å²) in [4.78, 5) is 19.5. The van der Waals surface area contributed by atoms with Crippen molar-refractivity contribution in [2.75, 3.05) is 18.5 Å². The van der Waals surface area contributed by atoms with Gasteiger partial charge < -0.3 is 16.0 Å². The number of benzene rings is 1. The first-order valence-electron chi connectivity index (χ1n) is 9.66. The number of aliphatic imine (C=N–C) groups is 1. The van der Waals surface area contributed by atoms with Crippen molar-refractivity contribution >= 4 is 28.5 Å². The summed E-state index contributed by atoms with van der Waals surface area (Å²) < 4.78 is 0. The zero-order chi connectivity index (χ0) is 18.4. The third-order valence-electron chi connectivity index (χ3n) is 5.26. The Labute approximate surface area is 160 Å². The minimum Gasteiger partial charge on any atom is -0.399 e. The van der Waals surface area contributed by atoms with Gasteiger partial charge >= 0.3 is 0 Å². The minimum atomic E-state index is 0.0926. The maximum Gasteiger partial charge on any atom is 0.222 e. The highest BCUT2D eigenvalue weighted by atomic mass is 32.2. The fourth-order valence-electron chi connectivity index (χ4n) is 3.53. The Morgan fingerprint density at radius 2 is 1.92 bits per heavy atom. The molecule has 1 saturated heterocycles. The van der Waals surface area contributed by atoms with Crippen LogP contribution in [0.4, 0.5) is 5.69 Å². The average Bonchev–Trinajstić information content (AvgIpc) is 2.84. The van der Waals surface area contributed by atoms with Crippen LogP contribution >= 0.6 is 11.8 Å². The van der Waals surface area contributed by atoms with Crippen LogP contribution in [0, 0.1) is 0 Å². The Kier molecular flexibility index (Phi) is 6.83. The normalized spacial score (nSPS) is 23.2. The summed E-state index contributed by atoms with van der Waals surface area (Å²) in [7, 11) is 2.08. The van der Waals surface area contributed by atoms with Crippen molar-refractivity contribution in [3.05, 3.63) is 29.8 Å². The molecule has 1 unspecified atom stereocenters. The Morgan fingerprint density at radius 1 is 1.23 bits per heavy atom. The van der Waals surface area contributed by atoms with Crippen molar-refractivity contribution in [2.45, 2.75) is 63.6 Å². The van der Waals surface area contributed by atoms with Crippen LogP contribution < -0.4 is 11.1 Å². The number of carbonyl (C=O) groups excluding carboxylic acids is 1. The molecule has 1 amide bonds. The van der Waals surface area contributed by atoms with E-state index in [1.807, 2.05) is 24.3 Å². The van der Waals surface area contributed by atoms with Crippen LogP contribution in [0.3, 0.4) is 0 Å². The maximum absolute atomic E-state index is 12.3. The van der Waals surface area contributed by atoms with Crippen LogP contribution in [-0.2, 0) is 11.3 Å². The number of nitrogens with zero attached hydrogens (tertiary/aromatic N) is 2. The Morgan fingerprint density at radius 3 is 2.62 bits per heavy atom. The predicted octanol–water partition coefficient (Wildman–Crippen LogP) is 3.40. The van der Waals surface area contributed by atoms with E-state index in [0.717, 1.165) is 22.2 Å². The molecule has 1 aliphatic heterocycles. The van der Waals surface area contributed by atoms with E-state index in [1.165, 1.54) is 38.5 Å². The van der Waals surface area contributed by atoms with E-state index in [9.17, 15) is 4.79 Å².